The molecule has 2 rings (SSSR count). The lowest BCUT2D eigenvalue weighted by Crippen LogP contribution is -2.30. The van der Waals surface area contributed by atoms with Gasteiger partial charge in [0.25, 0.3) is 5.91 Å². The van der Waals surface area contributed by atoms with Crippen molar-refractivity contribution in [3.8, 4) is 11.8 Å². The molecule has 24 heavy (non-hydrogen) atoms. The van der Waals surface area contributed by atoms with E-state index in [0.717, 1.165) is 5.56 Å². The Morgan fingerprint density at radius 1 is 1.17 bits per heavy atom. The number of ether oxygens (including phenoxy) is 1. The number of nitrogens with zero attached hydrogens (tertiary/aromatic N) is 1. The van der Waals surface area contributed by atoms with Gasteiger partial charge >= 0.3 is 0 Å². The Morgan fingerprint density at radius 2 is 1.88 bits per heavy atom. The number of carbonyl (C=O) groups is 1. The fourth-order valence-electron chi connectivity index (χ4n) is 2.20. The number of amides is 1. The molecule has 0 radical (unpaired) electrons. The number of nitriles is 1. The van der Waals surface area contributed by atoms with Crippen LogP contribution in [0.25, 0.3) is 0 Å². The minimum absolute atomic E-state index is 0.0165. The average molecular weight is 322 g/mol. The summed E-state index contributed by atoms with van der Waals surface area (Å²) < 4.78 is 5.76. The zero-order valence-electron chi connectivity index (χ0n) is 14.5. The summed E-state index contributed by atoms with van der Waals surface area (Å²) in [6.07, 6.45) is -0.647. The monoisotopic (exact) mass is 322 g/mol. The number of nitrogens with one attached hydrogen (secondary N) is 1. The molecule has 0 spiro atoms. The maximum Gasteiger partial charge on any atom is 0.265 e. The van der Waals surface area contributed by atoms with Crippen molar-refractivity contribution in [1.82, 2.24) is 0 Å². The Hall–Kier alpha value is -2.80. The Kier molecular flexibility index (Phi) is 5.25. The first-order valence-corrected chi connectivity index (χ1v) is 7.88. The van der Waals surface area contributed by atoms with Gasteiger partial charge in [-0.2, -0.15) is 5.26 Å². The van der Waals surface area contributed by atoms with Crippen molar-refractivity contribution in [2.75, 3.05) is 5.32 Å². The second-order valence-electron chi connectivity index (χ2n) is 6.72. The van der Waals surface area contributed by atoms with Crippen LogP contribution in [0, 0.1) is 11.3 Å². The molecule has 4 heteroatoms. The molecule has 0 aliphatic rings. The number of rotatable bonds is 4. The molecule has 0 aliphatic heterocycles. The van der Waals surface area contributed by atoms with Gasteiger partial charge in [-0.05, 0) is 48.2 Å². The first kappa shape index (κ1) is 17.6. The maximum atomic E-state index is 12.3. The van der Waals surface area contributed by atoms with Crippen LogP contribution in [0.2, 0.25) is 0 Å². The van der Waals surface area contributed by atoms with E-state index in [9.17, 15) is 4.79 Å². The molecular weight excluding hydrogens is 300 g/mol. The van der Waals surface area contributed by atoms with Crippen LogP contribution in [0.1, 0.15) is 38.8 Å². The van der Waals surface area contributed by atoms with Gasteiger partial charge in [-0.1, -0.05) is 39.0 Å². The molecule has 1 unspecified atom stereocenters. The van der Waals surface area contributed by atoms with Crippen LogP contribution in [0.3, 0.4) is 0 Å². The van der Waals surface area contributed by atoms with E-state index in [0.29, 0.717) is 17.0 Å². The van der Waals surface area contributed by atoms with Gasteiger partial charge in [0.2, 0.25) is 0 Å². The predicted molar refractivity (Wildman–Crippen MR) is 95.0 cm³/mol. The number of benzene rings is 2. The highest BCUT2D eigenvalue weighted by atomic mass is 16.5. The first-order chi connectivity index (χ1) is 11.3. The largest absolute Gasteiger partial charge is 0.481 e. The van der Waals surface area contributed by atoms with E-state index in [1.54, 1.807) is 31.2 Å². The first-order valence-electron chi connectivity index (χ1n) is 7.88. The second kappa shape index (κ2) is 7.18. The van der Waals surface area contributed by atoms with Gasteiger partial charge in [0.15, 0.2) is 6.10 Å². The third-order valence-corrected chi connectivity index (χ3v) is 3.64. The van der Waals surface area contributed by atoms with Crippen molar-refractivity contribution < 1.29 is 9.53 Å². The van der Waals surface area contributed by atoms with E-state index in [2.05, 4.69) is 26.1 Å². The van der Waals surface area contributed by atoms with Crippen LogP contribution in [-0.2, 0) is 10.2 Å². The molecule has 124 valence electrons. The summed E-state index contributed by atoms with van der Waals surface area (Å²) in [5, 5.41) is 11.7. The molecule has 0 aliphatic carbocycles. The lowest BCUT2D eigenvalue weighted by molar-refractivity contribution is -0.122. The number of carbonyl (C=O) groups excluding carboxylic acids is 1. The zero-order chi connectivity index (χ0) is 17.7. The van der Waals surface area contributed by atoms with Crippen LogP contribution in [0.5, 0.6) is 5.75 Å². The highest BCUT2D eigenvalue weighted by Gasteiger charge is 2.17. The van der Waals surface area contributed by atoms with E-state index >= 15 is 0 Å². The third kappa shape index (κ3) is 4.60. The summed E-state index contributed by atoms with van der Waals surface area (Å²) in [6, 6.07) is 16.6. The Labute approximate surface area is 143 Å². The van der Waals surface area contributed by atoms with Gasteiger partial charge in [-0.25, -0.2) is 0 Å². The summed E-state index contributed by atoms with van der Waals surface area (Å²) in [6.45, 7) is 8.09. The molecule has 2 aromatic rings. The Morgan fingerprint density at radius 3 is 2.54 bits per heavy atom. The third-order valence-electron chi connectivity index (χ3n) is 3.64. The van der Waals surface area contributed by atoms with Gasteiger partial charge in [0.05, 0.1) is 11.6 Å². The van der Waals surface area contributed by atoms with Gasteiger partial charge in [0, 0.05) is 5.69 Å². The van der Waals surface area contributed by atoms with Crippen molar-refractivity contribution >= 4 is 11.6 Å². The van der Waals surface area contributed by atoms with Crippen molar-refractivity contribution in [1.29, 1.82) is 5.26 Å². The lowest BCUT2D eigenvalue weighted by atomic mass is 9.87. The fraction of sp³-hybridized carbons (Fsp3) is 0.300. The molecule has 0 saturated heterocycles. The highest BCUT2D eigenvalue weighted by Crippen LogP contribution is 2.26. The lowest BCUT2D eigenvalue weighted by Gasteiger charge is -2.21. The summed E-state index contributed by atoms with van der Waals surface area (Å²) in [5.74, 6) is 0.405. The number of hydrogen-bond donors (Lipinski definition) is 1. The molecule has 0 aromatic heterocycles. The molecule has 0 saturated carbocycles. The summed E-state index contributed by atoms with van der Waals surface area (Å²) in [5.41, 5.74) is 2.24. The topological polar surface area (TPSA) is 62.1 Å². The Balaban J connectivity index is 2.05. The predicted octanol–water partition coefficient (Wildman–Crippen LogP) is 4.26. The van der Waals surface area contributed by atoms with Crippen LogP contribution in [0.15, 0.2) is 48.5 Å². The van der Waals surface area contributed by atoms with E-state index in [1.807, 2.05) is 30.3 Å². The van der Waals surface area contributed by atoms with Crippen LogP contribution in [-0.4, -0.2) is 12.0 Å². The van der Waals surface area contributed by atoms with E-state index in [1.165, 1.54) is 0 Å². The second-order valence-corrected chi connectivity index (χ2v) is 6.72. The molecule has 1 N–H and O–H groups in total. The fourth-order valence-corrected chi connectivity index (χ4v) is 2.20. The summed E-state index contributed by atoms with van der Waals surface area (Å²) >= 11 is 0. The van der Waals surface area contributed by atoms with E-state index in [4.69, 9.17) is 10.00 Å². The van der Waals surface area contributed by atoms with Crippen LogP contribution >= 0.6 is 0 Å². The minimum Gasteiger partial charge on any atom is -0.481 e. The zero-order valence-corrected chi connectivity index (χ0v) is 14.5. The Bertz CT molecular complexity index is 770. The minimum atomic E-state index is -0.647. The number of anilines is 1. The molecule has 0 bridgehead atoms. The van der Waals surface area contributed by atoms with Gasteiger partial charge in [0.1, 0.15) is 5.75 Å². The van der Waals surface area contributed by atoms with E-state index in [-0.39, 0.29) is 11.3 Å². The molecule has 4 nitrogen and oxygen atoms in total. The van der Waals surface area contributed by atoms with Crippen molar-refractivity contribution in [3.05, 3.63) is 59.7 Å². The van der Waals surface area contributed by atoms with E-state index < -0.39 is 6.10 Å². The molecule has 1 amide bonds. The standard InChI is InChI=1S/C20H22N2O2/c1-14(19(23)22-17-9-5-7-15(11-17)13-21)24-18-10-6-8-16(12-18)20(2,3)4/h5-12,14H,1-4H3,(H,22,23). The molecule has 2 aromatic carbocycles. The highest BCUT2D eigenvalue weighted by molar-refractivity contribution is 5.94. The quantitative estimate of drug-likeness (QED) is 0.914. The van der Waals surface area contributed by atoms with Gasteiger partial charge in [-0.15, -0.1) is 0 Å². The van der Waals surface area contributed by atoms with Crippen molar-refractivity contribution in [3.63, 3.8) is 0 Å². The molecule has 1 atom stereocenters. The molecule has 0 fully saturated rings. The average Bonchev–Trinajstić information content (AvgIpc) is 2.54. The smallest absolute Gasteiger partial charge is 0.265 e. The van der Waals surface area contributed by atoms with Crippen LogP contribution < -0.4 is 10.1 Å². The molecule has 0 heterocycles. The van der Waals surface area contributed by atoms with Crippen molar-refractivity contribution in [2.24, 2.45) is 0 Å². The summed E-state index contributed by atoms with van der Waals surface area (Å²) in [4.78, 5) is 12.3. The number of hydrogen-bond acceptors (Lipinski definition) is 3. The van der Waals surface area contributed by atoms with Gasteiger partial charge < -0.3 is 10.1 Å². The molecular formula is C20H22N2O2. The normalized spacial score (nSPS) is 12.1. The SMILES string of the molecule is CC(Oc1cccc(C(C)(C)C)c1)C(=O)Nc1cccc(C#N)c1. The van der Waals surface area contributed by atoms with Crippen molar-refractivity contribution in [2.45, 2.75) is 39.2 Å². The van der Waals surface area contributed by atoms with Gasteiger partial charge in [-0.3, -0.25) is 4.79 Å². The summed E-state index contributed by atoms with van der Waals surface area (Å²) in [7, 11) is 0. The maximum absolute atomic E-state index is 12.3. The van der Waals surface area contributed by atoms with Crippen LogP contribution in [0.4, 0.5) is 5.69 Å².